The molecule has 1 N–H and O–H groups in total. The van der Waals surface area contributed by atoms with Crippen molar-refractivity contribution in [2.75, 3.05) is 0 Å². The molecule has 154 valence electrons. The molecule has 0 atom stereocenters. The molecule has 5 nitrogen and oxygen atoms in total. The van der Waals surface area contributed by atoms with Crippen molar-refractivity contribution in [3.8, 4) is 11.3 Å². The Hall–Kier alpha value is -4.25. The van der Waals surface area contributed by atoms with Gasteiger partial charge in [-0.1, -0.05) is 6.07 Å². The molecule has 6 heterocycles. The maximum atomic E-state index is 4.83. The first-order valence-electron chi connectivity index (χ1n) is 10.8. The lowest BCUT2D eigenvalue weighted by Crippen LogP contribution is -1.93. The van der Waals surface area contributed by atoms with E-state index in [0.29, 0.717) is 0 Å². The van der Waals surface area contributed by atoms with E-state index >= 15 is 0 Å². The van der Waals surface area contributed by atoms with E-state index < -0.39 is 0 Å². The average molecular weight is 416 g/mol. The first-order chi connectivity index (χ1) is 15.7. The molecule has 2 aliphatic rings. The molecular formula is C27H21N5. The number of hydrogen-bond acceptors (Lipinski definition) is 3. The van der Waals surface area contributed by atoms with Crippen LogP contribution in [-0.4, -0.2) is 24.5 Å². The lowest BCUT2D eigenvalue weighted by atomic mass is 10.1. The zero-order valence-electron chi connectivity index (χ0n) is 17.7. The van der Waals surface area contributed by atoms with E-state index in [-0.39, 0.29) is 0 Å². The van der Waals surface area contributed by atoms with E-state index in [2.05, 4.69) is 76.1 Å². The van der Waals surface area contributed by atoms with Gasteiger partial charge in [-0.2, -0.15) is 0 Å². The van der Waals surface area contributed by atoms with Gasteiger partial charge in [-0.05, 0) is 85.8 Å². The number of aryl methyl sites for hydroxylation is 1. The van der Waals surface area contributed by atoms with Crippen molar-refractivity contribution in [3.63, 3.8) is 0 Å². The van der Waals surface area contributed by atoms with Gasteiger partial charge >= 0.3 is 0 Å². The van der Waals surface area contributed by atoms with Crippen LogP contribution in [0.2, 0.25) is 0 Å². The fourth-order valence-electron chi connectivity index (χ4n) is 4.26. The summed E-state index contributed by atoms with van der Waals surface area (Å²) in [4.78, 5) is 17.7. The number of nitrogens with zero attached hydrogens (tertiary/aromatic N) is 4. The number of aromatic nitrogens is 5. The van der Waals surface area contributed by atoms with Gasteiger partial charge in [0.25, 0.3) is 0 Å². The molecule has 0 amide bonds. The van der Waals surface area contributed by atoms with Crippen molar-refractivity contribution in [1.82, 2.24) is 24.5 Å². The molecule has 0 fully saturated rings. The van der Waals surface area contributed by atoms with Gasteiger partial charge in [0.1, 0.15) is 0 Å². The Morgan fingerprint density at radius 2 is 1.41 bits per heavy atom. The van der Waals surface area contributed by atoms with Crippen LogP contribution in [0.4, 0.5) is 0 Å². The minimum atomic E-state index is 0.827. The molecule has 0 saturated carbocycles. The Morgan fingerprint density at radius 1 is 0.750 bits per heavy atom. The van der Waals surface area contributed by atoms with Gasteiger partial charge in [0, 0.05) is 34.9 Å². The van der Waals surface area contributed by atoms with Gasteiger partial charge < -0.3 is 9.55 Å². The fraction of sp³-hybridized carbons (Fsp3) is 0.0741. The van der Waals surface area contributed by atoms with E-state index in [1.54, 1.807) is 0 Å². The van der Waals surface area contributed by atoms with Crippen LogP contribution in [0.1, 0.15) is 29.7 Å². The van der Waals surface area contributed by atoms with Crippen molar-refractivity contribution < 1.29 is 0 Å². The average Bonchev–Trinajstić information content (AvgIpc) is 3.59. The highest BCUT2D eigenvalue weighted by atomic mass is 15.0. The number of H-pyrrole nitrogens is 1. The molecule has 0 aliphatic carbocycles. The minimum Gasteiger partial charge on any atom is -0.355 e. The van der Waals surface area contributed by atoms with Gasteiger partial charge in [0.15, 0.2) is 0 Å². The van der Waals surface area contributed by atoms with Gasteiger partial charge in [0.2, 0.25) is 0 Å². The molecule has 0 spiro atoms. The molecule has 5 heteroatoms. The summed E-state index contributed by atoms with van der Waals surface area (Å²) in [6.45, 7) is 2.99. The monoisotopic (exact) mass is 415 g/mol. The van der Waals surface area contributed by atoms with Crippen LogP contribution in [0.3, 0.4) is 0 Å². The first-order valence-corrected chi connectivity index (χ1v) is 10.8. The second-order valence-corrected chi connectivity index (χ2v) is 7.86. The maximum absolute atomic E-state index is 4.83. The molecule has 32 heavy (non-hydrogen) atoms. The van der Waals surface area contributed by atoms with E-state index in [4.69, 9.17) is 9.97 Å². The summed E-state index contributed by atoms with van der Waals surface area (Å²) in [5, 5.41) is 0. The summed E-state index contributed by atoms with van der Waals surface area (Å²) >= 11 is 0. The third-order valence-electron chi connectivity index (χ3n) is 5.71. The largest absolute Gasteiger partial charge is 0.355 e. The van der Waals surface area contributed by atoms with Crippen LogP contribution in [-0.2, 0) is 6.54 Å². The topological polar surface area (TPSA) is 59.4 Å². The summed E-state index contributed by atoms with van der Waals surface area (Å²) in [6, 6.07) is 20.7. The number of hydrogen-bond donors (Lipinski definition) is 1. The Bertz CT molecular complexity index is 1550. The zero-order valence-corrected chi connectivity index (χ0v) is 17.7. The van der Waals surface area contributed by atoms with Crippen molar-refractivity contribution >= 4 is 46.4 Å². The van der Waals surface area contributed by atoms with Crippen molar-refractivity contribution in [2.24, 2.45) is 0 Å². The van der Waals surface area contributed by atoms with E-state index in [1.807, 2.05) is 36.5 Å². The molecule has 6 rings (SSSR count). The molecule has 4 aromatic heterocycles. The van der Waals surface area contributed by atoms with Gasteiger partial charge in [-0.15, -0.1) is 0 Å². The zero-order chi connectivity index (χ0) is 21.5. The van der Waals surface area contributed by atoms with Crippen LogP contribution in [0.25, 0.3) is 57.6 Å². The van der Waals surface area contributed by atoms with E-state index in [1.165, 1.54) is 0 Å². The third kappa shape index (κ3) is 3.34. The second-order valence-electron chi connectivity index (χ2n) is 7.86. The predicted molar refractivity (Wildman–Crippen MR) is 131 cm³/mol. The predicted octanol–water partition coefficient (Wildman–Crippen LogP) is 6.21. The highest BCUT2D eigenvalue weighted by Crippen LogP contribution is 2.29. The Labute approximate surface area is 185 Å². The molecule has 0 radical (unpaired) electrons. The maximum Gasteiger partial charge on any atom is 0.0723 e. The standard InChI is InChI=1S/C27H21N5/c1-2-32-24-15-22-10-8-20(30-22)13-18-6-7-19(29-18)14-21-9-11-23(31-21)16-27(32)25(17-24)26-5-3-4-12-28-26/h3-17,29H,2H2,1H3. The lowest BCUT2D eigenvalue weighted by Gasteiger charge is -2.03. The van der Waals surface area contributed by atoms with Crippen LogP contribution in [0.5, 0.6) is 0 Å². The van der Waals surface area contributed by atoms with E-state index in [9.17, 15) is 0 Å². The minimum absolute atomic E-state index is 0.827. The Kier molecular flexibility index (Phi) is 4.32. The molecule has 0 unspecified atom stereocenters. The van der Waals surface area contributed by atoms with Crippen molar-refractivity contribution in [2.45, 2.75) is 13.5 Å². The van der Waals surface area contributed by atoms with Gasteiger partial charge in [-0.25, -0.2) is 9.97 Å². The summed E-state index contributed by atoms with van der Waals surface area (Å²) in [5.41, 5.74) is 9.95. The van der Waals surface area contributed by atoms with Crippen LogP contribution >= 0.6 is 0 Å². The van der Waals surface area contributed by atoms with Gasteiger partial charge in [-0.3, -0.25) is 4.98 Å². The SMILES string of the molecule is CCn1c2cc3nc(cc4ccc(cc5nc(cc1c(-c1ccccn1)c2)C=C5)[nH]4)C=C3. The summed E-state index contributed by atoms with van der Waals surface area (Å²) in [6.07, 6.45) is 10.0. The van der Waals surface area contributed by atoms with Gasteiger partial charge in [0.05, 0.1) is 34.0 Å². The first kappa shape index (κ1) is 18.5. The highest BCUT2D eigenvalue weighted by Gasteiger charge is 2.11. The van der Waals surface area contributed by atoms with E-state index in [0.717, 1.165) is 62.6 Å². The lowest BCUT2D eigenvalue weighted by molar-refractivity contribution is 0.825. The molecule has 0 aromatic carbocycles. The normalized spacial score (nSPS) is 12.4. The van der Waals surface area contributed by atoms with Crippen LogP contribution < -0.4 is 0 Å². The van der Waals surface area contributed by atoms with Crippen LogP contribution in [0, 0.1) is 0 Å². The number of pyridine rings is 1. The van der Waals surface area contributed by atoms with Crippen molar-refractivity contribution in [1.29, 1.82) is 0 Å². The summed E-state index contributed by atoms with van der Waals surface area (Å²) in [7, 11) is 0. The third-order valence-corrected chi connectivity index (χ3v) is 5.71. The second kappa shape index (κ2) is 7.46. The summed E-state index contributed by atoms with van der Waals surface area (Å²) in [5.74, 6) is 0. The van der Waals surface area contributed by atoms with Crippen molar-refractivity contribution in [3.05, 3.63) is 89.6 Å². The highest BCUT2D eigenvalue weighted by molar-refractivity contribution is 5.87. The summed E-state index contributed by atoms with van der Waals surface area (Å²) < 4.78 is 2.29. The number of fused-ring (bicyclic) bond motifs is 8. The smallest absolute Gasteiger partial charge is 0.0723 e. The quantitative estimate of drug-likeness (QED) is 0.366. The Balaban J connectivity index is 1.74. The molecule has 8 bridgehead atoms. The number of rotatable bonds is 2. The molecule has 0 saturated heterocycles. The molecule has 4 aromatic rings. The fourth-order valence-corrected chi connectivity index (χ4v) is 4.26. The number of aromatic amines is 1. The number of nitrogens with one attached hydrogen (secondary N) is 1. The molecular weight excluding hydrogens is 394 g/mol. The molecule has 2 aliphatic heterocycles. The van der Waals surface area contributed by atoms with Crippen LogP contribution in [0.15, 0.2) is 66.9 Å². The Morgan fingerprint density at radius 3 is 2.03 bits per heavy atom.